The average Bonchev–Trinajstić information content (AvgIpc) is 2.78. The fraction of sp³-hybridized carbons (Fsp3) is 0.167. The first-order valence-electron chi connectivity index (χ1n) is 9.60. The van der Waals surface area contributed by atoms with Gasteiger partial charge in [0.1, 0.15) is 24.0 Å². The molecule has 6 nitrogen and oxygen atoms in total. The van der Waals surface area contributed by atoms with E-state index in [0.717, 1.165) is 27.9 Å². The summed E-state index contributed by atoms with van der Waals surface area (Å²) in [6.45, 7) is 2.40. The van der Waals surface area contributed by atoms with E-state index < -0.39 is 0 Å². The highest BCUT2D eigenvalue weighted by molar-refractivity contribution is 5.93. The van der Waals surface area contributed by atoms with E-state index in [1.54, 1.807) is 14.2 Å². The Hall–Kier alpha value is -3.80. The Bertz CT molecular complexity index is 1150. The quantitative estimate of drug-likeness (QED) is 0.455. The number of benzene rings is 3. The molecule has 0 aliphatic rings. The van der Waals surface area contributed by atoms with Gasteiger partial charge in [0.15, 0.2) is 11.5 Å². The molecule has 0 amide bonds. The first-order valence-corrected chi connectivity index (χ1v) is 9.60. The largest absolute Gasteiger partial charge is 0.493 e. The second-order valence-electron chi connectivity index (χ2n) is 6.77. The lowest BCUT2D eigenvalue weighted by molar-refractivity contribution is 0.306. The summed E-state index contributed by atoms with van der Waals surface area (Å²) in [7, 11) is 3.22. The van der Waals surface area contributed by atoms with Crippen molar-refractivity contribution in [1.82, 2.24) is 9.97 Å². The van der Waals surface area contributed by atoms with Gasteiger partial charge in [0, 0.05) is 17.1 Å². The molecule has 4 aromatic rings. The fourth-order valence-corrected chi connectivity index (χ4v) is 3.18. The van der Waals surface area contributed by atoms with Crippen molar-refractivity contribution in [2.75, 3.05) is 19.5 Å². The van der Waals surface area contributed by atoms with Crippen molar-refractivity contribution in [3.8, 4) is 17.2 Å². The molecule has 1 heterocycles. The predicted molar refractivity (Wildman–Crippen MR) is 118 cm³/mol. The van der Waals surface area contributed by atoms with E-state index >= 15 is 0 Å². The van der Waals surface area contributed by atoms with Crippen LogP contribution in [0.25, 0.3) is 10.9 Å². The molecule has 0 fully saturated rings. The smallest absolute Gasteiger partial charge is 0.162 e. The topological polar surface area (TPSA) is 65.5 Å². The second kappa shape index (κ2) is 8.69. The van der Waals surface area contributed by atoms with Crippen molar-refractivity contribution in [2.24, 2.45) is 0 Å². The van der Waals surface area contributed by atoms with Crippen LogP contribution in [0.4, 0.5) is 11.5 Å². The van der Waals surface area contributed by atoms with E-state index in [2.05, 4.69) is 15.3 Å². The lowest BCUT2D eigenvalue weighted by Crippen LogP contribution is -2.00. The van der Waals surface area contributed by atoms with E-state index in [1.165, 1.54) is 0 Å². The Balaban J connectivity index is 1.56. The Morgan fingerprint density at radius 3 is 2.23 bits per heavy atom. The summed E-state index contributed by atoms with van der Waals surface area (Å²) in [5.41, 5.74) is 2.81. The highest BCUT2D eigenvalue weighted by Gasteiger charge is 2.12. The summed E-state index contributed by atoms with van der Waals surface area (Å²) in [6, 6.07) is 21.6. The Morgan fingerprint density at radius 2 is 1.53 bits per heavy atom. The summed E-state index contributed by atoms with van der Waals surface area (Å²) in [5.74, 6) is 3.44. The zero-order valence-corrected chi connectivity index (χ0v) is 17.2. The van der Waals surface area contributed by atoms with Gasteiger partial charge in [-0.25, -0.2) is 9.97 Å². The van der Waals surface area contributed by atoms with E-state index in [1.807, 2.05) is 73.7 Å². The van der Waals surface area contributed by atoms with Gasteiger partial charge >= 0.3 is 0 Å². The predicted octanol–water partition coefficient (Wildman–Crippen LogP) is 5.28. The van der Waals surface area contributed by atoms with Crippen LogP contribution >= 0.6 is 0 Å². The van der Waals surface area contributed by atoms with Gasteiger partial charge in [0.25, 0.3) is 0 Å². The number of nitrogens with zero attached hydrogens (tertiary/aromatic N) is 2. The van der Waals surface area contributed by atoms with Crippen molar-refractivity contribution in [2.45, 2.75) is 13.5 Å². The van der Waals surface area contributed by atoms with Gasteiger partial charge in [-0.3, -0.25) is 0 Å². The number of fused-ring (bicyclic) bond motifs is 1. The third-order valence-electron chi connectivity index (χ3n) is 4.68. The van der Waals surface area contributed by atoms with Crippen molar-refractivity contribution >= 4 is 22.4 Å². The van der Waals surface area contributed by atoms with Crippen LogP contribution in [-0.2, 0) is 6.61 Å². The molecular weight excluding hydrogens is 378 g/mol. The van der Waals surface area contributed by atoms with E-state index in [-0.39, 0.29) is 0 Å². The molecule has 0 bridgehead atoms. The molecule has 30 heavy (non-hydrogen) atoms. The molecule has 0 aliphatic carbocycles. The number of methoxy groups -OCH3 is 2. The van der Waals surface area contributed by atoms with Crippen LogP contribution in [0.1, 0.15) is 11.4 Å². The second-order valence-corrected chi connectivity index (χ2v) is 6.77. The molecular formula is C24H23N3O3. The molecule has 0 saturated heterocycles. The minimum Gasteiger partial charge on any atom is -0.493 e. The highest BCUT2D eigenvalue weighted by Crippen LogP contribution is 2.35. The fourth-order valence-electron chi connectivity index (χ4n) is 3.18. The monoisotopic (exact) mass is 401 g/mol. The molecule has 1 aromatic heterocycles. The molecule has 6 heteroatoms. The zero-order chi connectivity index (χ0) is 20.9. The first kappa shape index (κ1) is 19.5. The van der Waals surface area contributed by atoms with Crippen LogP contribution < -0.4 is 19.5 Å². The van der Waals surface area contributed by atoms with Crippen LogP contribution in [0.5, 0.6) is 17.2 Å². The van der Waals surface area contributed by atoms with Crippen LogP contribution in [0.2, 0.25) is 0 Å². The SMILES string of the molecule is COc1cc2nc(C)nc(Nc3ccc(OCc4ccccc4)cc3)c2cc1OC. The number of hydrogen-bond donors (Lipinski definition) is 1. The minimum atomic E-state index is 0.533. The van der Waals surface area contributed by atoms with Gasteiger partial charge in [-0.1, -0.05) is 30.3 Å². The van der Waals surface area contributed by atoms with E-state index in [4.69, 9.17) is 14.2 Å². The maximum Gasteiger partial charge on any atom is 0.162 e. The van der Waals surface area contributed by atoms with Gasteiger partial charge in [-0.05, 0) is 42.8 Å². The molecule has 0 atom stereocenters. The van der Waals surface area contributed by atoms with Crippen LogP contribution in [-0.4, -0.2) is 24.2 Å². The lowest BCUT2D eigenvalue weighted by Gasteiger charge is -2.13. The summed E-state index contributed by atoms with van der Waals surface area (Å²) in [6.07, 6.45) is 0. The van der Waals surface area contributed by atoms with Gasteiger partial charge < -0.3 is 19.5 Å². The number of anilines is 2. The summed E-state index contributed by atoms with van der Waals surface area (Å²) >= 11 is 0. The molecule has 0 aliphatic heterocycles. The maximum absolute atomic E-state index is 5.86. The van der Waals surface area contributed by atoms with Gasteiger partial charge in [0.05, 0.1) is 19.7 Å². The third-order valence-corrected chi connectivity index (χ3v) is 4.68. The van der Waals surface area contributed by atoms with Crippen molar-refractivity contribution in [3.63, 3.8) is 0 Å². The molecule has 0 radical (unpaired) electrons. The Labute approximate surface area is 175 Å². The summed E-state index contributed by atoms with van der Waals surface area (Å²) < 4.78 is 16.7. The molecule has 4 rings (SSSR count). The Kier molecular flexibility index (Phi) is 5.66. The molecule has 0 unspecified atom stereocenters. The van der Waals surface area contributed by atoms with E-state index in [0.29, 0.717) is 29.7 Å². The van der Waals surface area contributed by atoms with Crippen molar-refractivity contribution in [1.29, 1.82) is 0 Å². The number of rotatable bonds is 7. The molecule has 1 N–H and O–H groups in total. The van der Waals surface area contributed by atoms with Crippen molar-refractivity contribution in [3.05, 3.63) is 78.1 Å². The van der Waals surface area contributed by atoms with Gasteiger partial charge in [0.2, 0.25) is 0 Å². The van der Waals surface area contributed by atoms with Crippen LogP contribution in [0.3, 0.4) is 0 Å². The van der Waals surface area contributed by atoms with E-state index in [9.17, 15) is 0 Å². The molecule has 3 aromatic carbocycles. The first-order chi connectivity index (χ1) is 14.7. The molecule has 0 saturated carbocycles. The lowest BCUT2D eigenvalue weighted by atomic mass is 10.2. The standard InChI is InChI=1S/C24H23N3O3/c1-16-25-21-14-23(29-3)22(28-2)13-20(21)24(26-16)27-18-9-11-19(12-10-18)30-15-17-7-5-4-6-8-17/h4-14H,15H2,1-3H3,(H,25,26,27). The molecule has 152 valence electrons. The molecule has 0 spiro atoms. The maximum atomic E-state index is 5.86. The number of ether oxygens (including phenoxy) is 3. The Morgan fingerprint density at radius 1 is 0.833 bits per heavy atom. The summed E-state index contributed by atoms with van der Waals surface area (Å²) in [5, 5.41) is 4.22. The van der Waals surface area contributed by atoms with Gasteiger partial charge in [-0.15, -0.1) is 0 Å². The average molecular weight is 401 g/mol. The van der Waals surface area contributed by atoms with Crippen LogP contribution in [0, 0.1) is 6.92 Å². The minimum absolute atomic E-state index is 0.533. The van der Waals surface area contributed by atoms with Crippen LogP contribution in [0.15, 0.2) is 66.7 Å². The van der Waals surface area contributed by atoms with Gasteiger partial charge in [-0.2, -0.15) is 0 Å². The number of aromatic nitrogens is 2. The summed E-state index contributed by atoms with van der Waals surface area (Å²) in [4.78, 5) is 9.10. The third kappa shape index (κ3) is 4.27. The number of aryl methyl sites for hydroxylation is 1. The normalized spacial score (nSPS) is 10.6. The number of hydrogen-bond acceptors (Lipinski definition) is 6. The number of nitrogens with one attached hydrogen (secondary N) is 1. The highest BCUT2D eigenvalue weighted by atomic mass is 16.5. The van der Waals surface area contributed by atoms with Crippen molar-refractivity contribution < 1.29 is 14.2 Å². The zero-order valence-electron chi connectivity index (χ0n) is 17.2.